The van der Waals surface area contributed by atoms with Crippen molar-refractivity contribution in [3.63, 3.8) is 0 Å². The van der Waals surface area contributed by atoms with Crippen LogP contribution in [0.15, 0.2) is 59.7 Å². The van der Waals surface area contributed by atoms with E-state index in [1.54, 1.807) is 50.2 Å². The van der Waals surface area contributed by atoms with E-state index >= 15 is 0 Å². The second kappa shape index (κ2) is 22.1. The van der Waals surface area contributed by atoms with E-state index < -0.39 is 29.7 Å². The van der Waals surface area contributed by atoms with Crippen LogP contribution in [0.25, 0.3) is 11.3 Å². The summed E-state index contributed by atoms with van der Waals surface area (Å²) in [6, 6.07) is 13.6. The SMILES string of the molecule is Cc1cc2cc(n1)-c1cnn(C)c1OCCC[C@@H](C)CN1/C(=N/C2=O)Nc2ccc(CN3CCN(C(=O)CNCCCCN(I)C(=O)CN(C)c4cccc5c4C(=O)N(C4CCC(=O)NC4=O)C5=O)CC3)cc21. The van der Waals surface area contributed by atoms with Crippen molar-refractivity contribution in [2.24, 2.45) is 18.0 Å². The molecule has 384 valence electrons. The lowest BCUT2D eigenvalue weighted by atomic mass is 10.0. The number of hydrogen-bond donors (Lipinski definition) is 3. The number of imide groups is 2. The van der Waals surface area contributed by atoms with Gasteiger partial charge in [0.1, 0.15) is 6.04 Å². The van der Waals surface area contributed by atoms with E-state index in [9.17, 15) is 33.6 Å². The Morgan fingerprint density at radius 1 is 0.959 bits per heavy atom. The number of carbonyl (C=O) groups is 7. The predicted molar refractivity (Wildman–Crippen MR) is 280 cm³/mol. The van der Waals surface area contributed by atoms with Gasteiger partial charge in [-0.3, -0.25) is 56.8 Å². The smallest absolute Gasteiger partial charge is 0.280 e. The molecular formula is C51H60IN13O8. The number of aryl methyl sites for hydroxylation is 2. The first-order valence-electron chi connectivity index (χ1n) is 24.8. The molecule has 0 saturated carbocycles. The minimum absolute atomic E-state index is 0.0230. The molecular weight excluding hydrogens is 1050 g/mol. The topological polar surface area (TPSA) is 227 Å². The van der Waals surface area contributed by atoms with Crippen LogP contribution in [-0.2, 0) is 32.8 Å². The highest BCUT2D eigenvalue weighted by Crippen LogP contribution is 2.37. The van der Waals surface area contributed by atoms with Gasteiger partial charge in [-0.2, -0.15) is 10.1 Å². The molecule has 2 atom stereocenters. The molecule has 1 unspecified atom stereocenters. The molecule has 3 N–H and O–H groups in total. The van der Waals surface area contributed by atoms with Gasteiger partial charge < -0.3 is 30.1 Å². The quantitative estimate of drug-likeness (QED) is 0.0750. The Balaban J connectivity index is 0.715. The molecule has 2 aromatic carbocycles. The van der Waals surface area contributed by atoms with E-state index in [2.05, 4.69) is 54.9 Å². The van der Waals surface area contributed by atoms with Crippen molar-refractivity contribution in [2.45, 2.75) is 65.0 Å². The average molecular weight is 1110 g/mol. The maximum absolute atomic E-state index is 13.8. The summed E-state index contributed by atoms with van der Waals surface area (Å²) in [7, 11) is 3.50. The Morgan fingerprint density at radius 3 is 2.56 bits per heavy atom. The number of guanidine groups is 1. The summed E-state index contributed by atoms with van der Waals surface area (Å²) in [6.07, 6.45) is 4.97. The number of nitrogens with one attached hydrogen (secondary N) is 3. The third-order valence-electron chi connectivity index (χ3n) is 13.9. The Labute approximate surface area is 437 Å². The minimum Gasteiger partial charge on any atom is -0.477 e. The molecule has 0 radical (unpaired) electrons. The van der Waals surface area contributed by atoms with E-state index in [0.717, 1.165) is 59.8 Å². The van der Waals surface area contributed by atoms with Crippen LogP contribution >= 0.6 is 22.9 Å². The Hall–Kier alpha value is -6.79. The maximum Gasteiger partial charge on any atom is 0.280 e. The summed E-state index contributed by atoms with van der Waals surface area (Å²) in [6.45, 7) is 9.88. The maximum atomic E-state index is 13.8. The lowest BCUT2D eigenvalue weighted by molar-refractivity contribution is -0.136. The van der Waals surface area contributed by atoms with E-state index in [0.29, 0.717) is 86.8 Å². The van der Waals surface area contributed by atoms with Crippen LogP contribution in [0.3, 0.4) is 0 Å². The number of piperidine rings is 1. The number of aromatic nitrogens is 3. The van der Waals surface area contributed by atoms with Gasteiger partial charge in [0.05, 0.1) is 88.2 Å². The lowest BCUT2D eigenvalue weighted by Crippen LogP contribution is -2.54. The summed E-state index contributed by atoms with van der Waals surface area (Å²) < 4.78 is 9.52. The first-order chi connectivity index (χ1) is 35.1. The Kier molecular flexibility index (Phi) is 15.5. The number of ether oxygens (including phenoxy) is 1. The first kappa shape index (κ1) is 51.1. The van der Waals surface area contributed by atoms with Gasteiger partial charge in [0.2, 0.25) is 29.6 Å². The second-order valence-corrected chi connectivity index (χ2v) is 20.5. The fraction of sp³-hybridized carbons (Fsp3) is 0.451. The van der Waals surface area contributed by atoms with Crippen LogP contribution in [0.5, 0.6) is 5.88 Å². The highest BCUT2D eigenvalue weighted by Gasteiger charge is 2.46. The van der Waals surface area contributed by atoms with Crippen molar-refractivity contribution < 1.29 is 38.3 Å². The number of hydrogen-bond acceptors (Lipinski definition) is 15. The van der Waals surface area contributed by atoms with Gasteiger partial charge in [0, 0.05) is 77.6 Å². The molecule has 7 heterocycles. The summed E-state index contributed by atoms with van der Waals surface area (Å²) in [4.78, 5) is 110. The Morgan fingerprint density at radius 2 is 1.77 bits per heavy atom. The van der Waals surface area contributed by atoms with Crippen molar-refractivity contribution in [3.05, 3.63) is 82.7 Å². The lowest BCUT2D eigenvalue weighted by Gasteiger charge is -2.35. The van der Waals surface area contributed by atoms with Crippen molar-refractivity contribution in [2.75, 3.05) is 87.7 Å². The number of benzene rings is 2. The summed E-state index contributed by atoms with van der Waals surface area (Å²) in [5.41, 5.74) is 6.11. The number of aliphatic imine (C=N–C) groups is 1. The van der Waals surface area contributed by atoms with E-state index in [1.807, 2.05) is 47.8 Å². The van der Waals surface area contributed by atoms with Crippen LogP contribution in [0.4, 0.5) is 17.1 Å². The molecule has 2 fully saturated rings. The number of nitrogens with zero attached hydrogens (tertiary/aromatic N) is 10. The largest absolute Gasteiger partial charge is 0.477 e. The molecule has 22 heteroatoms. The third kappa shape index (κ3) is 11.2. The zero-order valence-electron chi connectivity index (χ0n) is 41.5. The van der Waals surface area contributed by atoms with Crippen LogP contribution in [0.2, 0.25) is 0 Å². The van der Waals surface area contributed by atoms with Crippen LogP contribution < -0.4 is 30.5 Å². The zero-order chi connectivity index (χ0) is 51.5. The molecule has 0 aliphatic carbocycles. The fourth-order valence-electron chi connectivity index (χ4n) is 9.97. The van der Waals surface area contributed by atoms with Gasteiger partial charge in [-0.05, 0) is 93.5 Å². The number of fused-ring (bicyclic) bond motifs is 8. The average Bonchev–Trinajstić information content (AvgIpc) is 3.99. The zero-order valence-corrected chi connectivity index (χ0v) is 43.6. The Bertz CT molecular complexity index is 2880. The number of likely N-dealkylation sites (N-methyl/N-ethyl adjacent to an activating group) is 1. The molecule has 5 aliphatic heterocycles. The standard InChI is InChI=1S/C51H60IN13O8/c1-31-9-8-22-73-50-36(26-54-60(50)4)38-25-34(23-32(2)55-38)46(69)58-51-56-37-13-12-33(24-41(37)63(51)28-31)29-61-18-20-62(21-19-61)43(67)27-53-16-5-6-17-64(52)44(68)30-59(3)39-11-7-10-35-45(39)49(72)65(48(35)71)40-14-15-42(66)57-47(40)70/h7,10-13,23-26,31,40,53H,5-6,8-9,14-22,27-30H2,1-4H3,(H,56,58,69)(H,57,66,70)/t31-,40?/m1/s1. The minimum atomic E-state index is -1.08. The number of piperazine rings is 1. The number of anilines is 3. The van der Waals surface area contributed by atoms with Crippen molar-refractivity contribution in [3.8, 4) is 17.1 Å². The number of amides is 7. The van der Waals surface area contributed by atoms with Gasteiger partial charge >= 0.3 is 0 Å². The van der Waals surface area contributed by atoms with Crippen LogP contribution in [0.1, 0.15) is 87.8 Å². The molecule has 9 rings (SSSR count). The predicted octanol–water partition coefficient (Wildman–Crippen LogP) is 3.76. The van der Waals surface area contributed by atoms with Crippen molar-refractivity contribution in [1.29, 1.82) is 0 Å². The molecule has 73 heavy (non-hydrogen) atoms. The van der Waals surface area contributed by atoms with E-state index in [4.69, 9.17) is 9.72 Å². The van der Waals surface area contributed by atoms with Gasteiger partial charge in [-0.25, -0.2) is 4.68 Å². The van der Waals surface area contributed by atoms with E-state index in [1.165, 1.54) is 6.07 Å². The number of halogens is 1. The number of rotatable bonds is 13. The van der Waals surface area contributed by atoms with Gasteiger partial charge in [0.15, 0.2) is 0 Å². The second-order valence-electron chi connectivity index (χ2n) is 19.3. The van der Waals surface area contributed by atoms with Crippen molar-refractivity contribution >= 4 is 87.2 Å². The van der Waals surface area contributed by atoms with E-state index in [-0.39, 0.29) is 60.7 Å². The normalized spacial score (nSPS) is 19.9. The molecule has 0 spiro atoms. The highest BCUT2D eigenvalue weighted by molar-refractivity contribution is 14.1. The number of unbranched alkanes of at least 4 members (excludes halogenated alkanes) is 1. The molecule has 5 aliphatic rings. The summed E-state index contributed by atoms with van der Waals surface area (Å²) in [5.74, 6) is -1.52. The summed E-state index contributed by atoms with van der Waals surface area (Å²) >= 11 is 1.98. The molecule has 2 saturated heterocycles. The monoisotopic (exact) mass is 1110 g/mol. The van der Waals surface area contributed by atoms with Gasteiger partial charge in [0.25, 0.3) is 23.6 Å². The molecule has 4 aromatic rings. The van der Waals surface area contributed by atoms with Gasteiger partial charge in [-0.1, -0.05) is 19.1 Å². The molecule has 2 bridgehead atoms. The summed E-state index contributed by atoms with van der Waals surface area (Å²) in [5, 5.41) is 13.3. The van der Waals surface area contributed by atoms with Crippen LogP contribution in [-0.4, -0.2) is 158 Å². The first-order valence-corrected chi connectivity index (χ1v) is 25.8. The molecule has 7 amide bonds. The van der Waals surface area contributed by atoms with Crippen molar-refractivity contribution in [1.82, 2.24) is 43.2 Å². The number of pyridine rings is 1. The third-order valence-corrected chi connectivity index (χ3v) is 14.9. The number of carbonyl (C=O) groups excluding carboxylic acids is 7. The van der Waals surface area contributed by atoms with Crippen LogP contribution in [0, 0.1) is 12.8 Å². The van der Waals surface area contributed by atoms with Gasteiger partial charge in [-0.15, -0.1) is 0 Å². The fourth-order valence-corrected chi connectivity index (χ4v) is 10.5. The highest BCUT2D eigenvalue weighted by atomic mass is 127. The molecule has 21 nitrogen and oxygen atoms in total. The molecule has 2 aromatic heterocycles.